The second-order valence-corrected chi connectivity index (χ2v) is 3.64. The maximum atomic E-state index is 9.59. The molecule has 0 aromatic rings. The van der Waals surface area contributed by atoms with E-state index in [-0.39, 0.29) is 6.61 Å². The lowest BCUT2D eigenvalue weighted by atomic mass is 9.97. The second-order valence-electron chi connectivity index (χ2n) is 3.64. The number of nitriles is 1. The van der Waals surface area contributed by atoms with E-state index < -0.39 is 24.4 Å². The zero-order valence-electron chi connectivity index (χ0n) is 8.80. The molecule has 86 valence electrons. The summed E-state index contributed by atoms with van der Waals surface area (Å²) in [7, 11) is 0. The molecule has 0 aromatic heterocycles. The summed E-state index contributed by atoms with van der Waals surface area (Å²) in [6.07, 6.45) is -1.16. The molecule has 2 N–H and O–H groups in total. The molecule has 0 aliphatic carbocycles. The predicted molar refractivity (Wildman–Crippen MR) is 51.7 cm³/mol. The molecule has 5 nitrogen and oxygen atoms in total. The first-order valence-corrected chi connectivity index (χ1v) is 5.19. The zero-order chi connectivity index (χ0) is 11.3. The Bertz CT molecular complexity index is 228. The van der Waals surface area contributed by atoms with Gasteiger partial charge in [-0.2, -0.15) is 5.26 Å². The lowest BCUT2D eigenvalue weighted by molar-refractivity contribution is -0.253. The molecule has 1 rings (SSSR count). The first kappa shape index (κ1) is 12.4. The summed E-state index contributed by atoms with van der Waals surface area (Å²) in [4.78, 5) is 0. The molecule has 1 saturated heterocycles. The maximum Gasteiger partial charge on any atom is 0.186 e. The van der Waals surface area contributed by atoms with Crippen LogP contribution in [0.2, 0.25) is 0 Å². The van der Waals surface area contributed by atoms with Crippen molar-refractivity contribution in [2.24, 2.45) is 5.92 Å². The van der Waals surface area contributed by atoms with E-state index in [2.05, 4.69) is 0 Å². The average molecular weight is 215 g/mol. The van der Waals surface area contributed by atoms with Gasteiger partial charge in [-0.25, -0.2) is 0 Å². The molecule has 0 unspecified atom stereocenters. The van der Waals surface area contributed by atoms with Crippen LogP contribution in [-0.2, 0) is 9.47 Å². The van der Waals surface area contributed by atoms with E-state index in [9.17, 15) is 10.2 Å². The summed E-state index contributed by atoms with van der Waals surface area (Å²) in [5, 5.41) is 27.8. The molecule has 1 aliphatic rings. The molecular formula is C10H17NO4. The van der Waals surface area contributed by atoms with Crippen LogP contribution >= 0.6 is 0 Å². The molecule has 0 bridgehead atoms. The largest absolute Gasteiger partial charge is 0.389 e. The number of ether oxygens (including phenoxy) is 2. The van der Waals surface area contributed by atoms with Crippen LogP contribution in [0.1, 0.15) is 19.8 Å². The molecule has 5 heteroatoms. The Balaban J connectivity index is 2.39. The molecule has 1 heterocycles. The topological polar surface area (TPSA) is 82.7 Å². The highest BCUT2D eigenvalue weighted by Crippen LogP contribution is 2.20. The minimum absolute atomic E-state index is 0.103. The van der Waals surface area contributed by atoms with E-state index in [4.69, 9.17) is 14.7 Å². The maximum absolute atomic E-state index is 9.59. The van der Waals surface area contributed by atoms with Crippen molar-refractivity contribution in [1.29, 1.82) is 5.26 Å². The van der Waals surface area contributed by atoms with Crippen LogP contribution in [0, 0.1) is 17.2 Å². The van der Waals surface area contributed by atoms with E-state index in [1.807, 2.05) is 13.0 Å². The molecule has 0 spiro atoms. The number of aliphatic hydroxyl groups excluding tert-OH is 2. The van der Waals surface area contributed by atoms with Crippen LogP contribution in [0.15, 0.2) is 0 Å². The number of rotatable bonds is 4. The average Bonchev–Trinajstić information content (AvgIpc) is 2.25. The van der Waals surface area contributed by atoms with Crippen molar-refractivity contribution in [3.05, 3.63) is 0 Å². The summed E-state index contributed by atoms with van der Waals surface area (Å²) in [6, 6.07) is 1.88. The molecule has 15 heavy (non-hydrogen) atoms. The smallest absolute Gasteiger partial charge is 0.186 e. The van der Waals surface area contributed by atoms with Gasteiger partial charge in [0.2, 0.25) is 0 Å². The van der Waals surface area contributed by atoms with Crippen LogP contribution in [0.25, 0.3) is 0 Å². The van der Waals surface area contributed by atoms with Crippen molar-refractivity contribution in [3.8, 4) is 6.07 Å². The van der Waals surface area contributed by atoms with Crippen molar-refractivity contribution < 1.29 is 19.7 Å². The van der Waals surface area contributed by atoms with Gasteiger partial charge >= 0.3 is 0 Å². The van der Waals surface area contributed by atoms with Gasteiger partial charge in [0.25, 0.3) is 0 Å². The fourth-order valence-electron chi connectivity index (χ4n) is 1.40. The Morgan fingerprint density at radius 2 is 2.20 bits per heavy atom. The van der Waals surface area contributed by atoms with Crippen molar-refractivity contribution >= 4 is 0 Å². The molecule has 0 radical (unpaired) electrons. The highest BCUT2D eigenvalue weighted by atomic mass is 16.7. The van der Waals surface area contributed by atoms with E-state index in [1.54, 1.807) is 0 Å². The van der Waals surface area contributed by atoms with Gasteiger partial charge in [-0.05, 0) is 6.42 Å². The Labute approximate surface area is 89.2 Å². The summed E-state index contributed by atoms with van der Waals surface area (Å²) < 4.78 is 10.4. The van der Waals surface area contributed by atoms with E-state index in [0.717, 1.165) is 12.8 Å². The lowest BCUT2D eigenvalue weighted by Gasteiger charge is -2.34. The third-order valence-corrected chi connectivity index (χ3v) is 2.43. The minimum atomic E-state index is -1.14. The SMILES string of the molecule is CCCCO[C@@H]1OC[C@@H](C#N)[C@@H](O)[C@@H]1O. The van der Waals surface area contributed by atoms with Crippen LogP contribution in [0.4, 0.5) is 0 Å². The van der Waals surface area contributed by atoms with Gasteiger partial charge in [-0.15, -0.1) is 0 Å². The number of nitrogens with zero attached hydrogens (tertiary/aromatic N) is 1. The van der Waals surface area contributed by atoms with Crippen molar-refractivity contribution in [2.45, 2.75) is 38.3 Å². The monoisotopic (exact) mass is 215 g/mol. The van der Waals surface area contributed by atoms with Gasteiger partial charge in [0.15, 0.2) is 6.29 Å². The van der Waals surface area contributed by atoms with Gasteiger partial charge in [0.1, 0.15) is 12.2 Å². The fourth-order valence-corrected chi connectivity index (χ4v) is 1.40. The van der Waals surface area contributed by atoms with Crippen LogP contribution < -0.4 is 0 Å². The Hall–Kier alpha value is -0.670. The standard InChI is InChI=1S/C10H17NO4/c1-2-3-4-14-10-9(13)8(12)7(5-11)6-15-10/h7-10,12-13H,2-4,6H2,1H3/t7-,8-,9+,10-/m1/s1. The number of aliphatic hydroxyl groups is 2. The first-order valence-electron chi connectivity index (χ1n) is 5.19. The number of hydrogen-bond acceptors (Lipinski definition) is 5. The van der Waals surface area contributed by atoms with Crippen LogP contribution in [0.5, 0.6) is 0 Å². The normalized spacial score (nSPS) is 36.1. The van der Waals surface area contributed by atoms with Gasteiger partial charge in [0.05, 0.1) is 18.6 Å². The van der Waals surface area contributed by atoms with Crippen molar-refractivity contribution in [1.82, 2.24) is 0 Å². The first-order chi connectivity index (χ1) is 7.20. The number of unbranched alkanes of at least 4 members (excludes halogenated alkanes) is 1. The van der Waals surface area contributed by atoms with Gasteiger partial charge < -0.3 is 19.7 Å². The van der Waals surface area contributed by atoms with Gasteiger partial charge in [-0.3, -0.25) is 0 Å². The van der Waals surface area contributed by atoms with E-state index in [0.29, 0.717) is 6.61 Å². The zero-order valence-corrected chi connectivity index (χ0v) is 8.80. The third-order valence-electron chi connectivity index (χ3n) is 2.43. The van der Waals surface area contributed by atoms with E-state index in [1.165, 1.54) is 0 Å². The lowest BCUT2D eigenvalue weighted by Crippen LogP contribution is -2.50. The van der Waals surface area contributed by atoms with Crippen molar-refractivity contribution in [3.63, 3.8) is 0 Å². The van der Waals surface area contributed by atoms with Crippen LogP contribution in [0.3, 0.4) is 0 Å². The van der Waals surface area contributed by atoms with Gasteiger partial charge in [0, 0.05) is 6.61 Å². The summed E-state index contributed by atoms with van der Waals surface area (Å²) in [5.41, 5.74) is 0. The highest BCUT2D eigenvalue weighted by Gasteiger charge is 2.38. The molecular weight excluding hydrogens is 198 g/mol. The predicted octanol–water partition coefficient (Wildman–Crippen LogP) is 0.0210. The van der Waals surface area contributed by atoms with E-state index >= 15 is 0 Å². The summed E-state index contributed by atoms with van der Waals surface area (Å²) >= 11 is 0. The minimum Gasteiger partial charge on any atom is -0.389 e. The number of hydrogen-bond donors (Lipinski definition) is 2. The Kier molecular flexibility index (Phi) is 4.99. The molecule has 4 atom stereocenters. The Morgan fingerprint density at radius 1 is 1.47 bits per heavy atom. The molecule has 0 saturated carbocycles. The Morgan fingerprint density at radius 3 is 2.80 bits per heavy atom. The second kappa shape index (κ2) is 6.03. The summed E-state index contributed by atoms with van der Waals surface area (Å²) in [6.45, 7) is 2.62. The summed E-state index contributed by atoms with van der Waals surface area (Å²) in [5.74, 6) is -0.675. The van der Waals surface area contributed by atoms with Crippen molar-refractivity contribution in [2.75, 3.05) is 13.2 Å². The highest BCUT2D eigenvalue weighted by molar-refractivity contribution is 4.95. The molecule has 0 amide bonds. The van der Waals surface area contributed by atoms with Gasteiger partial charge in [-0.1, -0.05) is 13.3 Å². The molecule has 1 aliphatic heterocycles. The quantitative estimate of drug-likeness (QED) is 0.646. The van der Waals surface area contributed by atoms with Crippen LogP contribution in [-0.4, -0.2) is 41.9 Å². The fraction of sp³-hybridized carbons (Fsp3) is 0.900. The third kappa shape index (κ3) is 3.14. The molecule has 1 fully saturated rings. The molecule has 0 aromatic carbocycles.